The number of anilines is 1. The highest BCUT2D eigenvalue weighted by atomic mass is 32.2. The lowest BCUT2D eigenvalue weighted by molar-refractivity contribution is -0.113. The zero-order chi connectivity index (χ0) is 24.7. The fourth-order valence-corrected chi connectivity index (χ4v) is 4.02. The number of hydrogen-bond donors (Lipinski definition) is 2. The zero-order valence-corrected chi connectivity index (χ0v) is 20.6. The average Bonchev–Trinajstić information content (AvgIpc) is 3.23. The summed E-state index contributed by atoms with van der Waals surface area (Å²) in [6.07, 6.45) is 1.73. The Morgan fingerprint density at radius 3 is 2.53 bits per heavy atom. The molecule has 0 aliphatic rings. The summed E-state index contributed by atoms with van der Waals surface area (Å²) in [7, 11) is 1.58. The third-order valence-corrected chi connectivity index (χ3v) is 6.23. The minimum Gasteiger partial charge on any atom is -0.497 e. The van der Waals surface area contributed by atoms with Gasteiger partial charge in [-0.3, -0.25) is 9.59 Å². The van der Waals surface area contributed by atoms with Crippen LogP contribution in [-0.4, -0.2) is 39.4 Å². The van der Waals surface area contributed by atoms with Gasteiger partial charge in [0.05, 0.1) is 18.9 Å². The first-order chi connectivity index (χ1) is 16.3. The molecule has 1 heterocycles. The topological polar surface area (TPSA) is 98.1 Å². The molecule has 9 heteroatoms. The van der Waals surface area contributed by atoms with E-state index in [1.165, 1.54) is 17.3 Å². The fourth-order valence-electron chi connectivity index (χ4n) is 3.26. The Labute approximate surface area is 203 Å². The van der Waals surface area contributed by atoms with Crippen LogP contribution in [-0.2, 0) is 11.3 Å². The normalized spacial score (nSPS) is 11.5. The van der Waals surface area contributed by atoms with Crippen LogP contribution in [0.4, 0.5) is 5.69 Å². The molecule has 2 N–H and O–H groups in total. The van der Waals surface area contributed by atoms with Gasteiger partial charge in [0.2, 0.25) is 5.91 Å². The van der Waals surface area contributed by atoms with Crippen LogP contribution in [0, 0.1) is 13.8 Å². The first-order valence-corrected chi connectivity index (χ1v) is 11.8. The number of carbonyl (C=O) groups is 2. The molecule has 34 heavy (non-hydrogen) atoms. The highest BCUT2D eigenvalue weighted by molar-refractivity contribution is 7.99. The van der Waals surface area contributed by atoms with Crippen molar-refractivity contribution >= 4 is 29.3 Å². The maximum Gasteiger partial charge on any atom is 0.251 e. The number of thioether (sulfide) groups is 1. The van der Waals surface area contributed by atoms with Crippen molar-refractivity contribution in [3.8, 4) is 5.75 Å². The van der Waals surface area contributed by atoms with Crippen LogP contribution in [0.1, 0.15) is 40.3 Å². The summed E-state index contributed by atoms with van der Waals surface area (Å²) in [6, 6.07) is 12.3. The molecule has 0 saturated carbocycles. The number of carbonyl (C=O) groups excluding carboxylic acids is 2. The Morgan fingerprint density at radius 1 is 1.15 bits per heavy atom. The van der Waals surface area contributed by atoms with Gasteiger partial charge in [-0.1, -0.05) is 23.9 Å². The molecule has 2 amide bonds. The van der Waals surface area contributed by atoms with Crippen LogP contribution >= 0.6 is 11.8 Å². The molecule has 0 unspecified atom stereocenters. The number of rotatable bonds is 10. The van der Waals surface area contributed by atoms with E-state index in [0.29, 0.717) is 28.8 Å². The highest BCUT2D eigenvalue weighted by Crippen LogP contribution is 2.22. The monoisotopic (exact) mass is 479 g/mol. The first kappa shape index (κ1) is 25.0. The molecule has 1 atom stereocenters. The summed E-state index contributed by atoms with van der Waals surface area (Å²) in [5, 5.41) is 14.9. The van der Waals surface area contributed by atoms with Crippen LogP contribution in [0.5, 0.6) is 5.75 Å². The van der Waals surface area contributed by atoms with Gasteiger partial charge in [0.25, 0.3) is 5.91 Å². The van der Waals surface area contributed by atoms with E-state index < -0.39 is 6.04 Å². The third-order valence-electron chi connectivity index (χ3n) is 5.27. The third kappa shape index (κ3) is 6.26. The van der Waals surface area contributed by atoms with Crippen molar-refractivity contribution in [2.75, 3.05) is 18.2 Å². The molecule has 0 fully saturated rings. The van der Waals surface area contributed by atoms with E-state index in [4.69, 9.17) is 4.74 Å². The largest absolute Gasteiger partial charge is 0.497 e. The lowest BCUT2D eigenvalue weighted by Gasteiger charge is -2.15. The number of nitrogens with zero attached hydrogens (tertiary/aromatic N) is 3. The summed E-state index contributed by atoms with van der Waals surface area (Å²) in [6.45, 7) is 10.1. The molecule has 2 aromatic carbocycles. The molecule has 0 radical (unpaired) electrons. The van der Waals surface area contributed by atoms with E-state index in [2.05, 4.69) is 27.4 Å². The Kier molecular flexibility index (Phi) is 8.48. The standard InChI is InChI=1S/C25H29N5O3S/c1-6-13-30-23(18(4)26-24(32)19-8-11-21(33-5)12-9-19)28-29-25(30)34-15-22(31)27-20-10-7-16(2)17(3)14-20/h6-12,14,18H,1,13,15H2,2-5H3,(H,26,32)(H,27,31)/t18-/m0/s1. The number of aryl methyl sites for hydroxylation is 2. The number of ether oxygens (including phenoxy) is 1. The maximum absolute atomic E-state index is 12.6. The average molecular weight is 480 g/mol. The highest BCUT2D eigenvalue weighted by Gasteiger charge is 2.20. The second-order valence-electron chi connectivity index (χ2n) is 7.80. The SMILES string of the molecule is C=CCn1c(SCC(=O)Nc2ccc(C)c(C)c2)nnc1[C@H](C)NC(=O)c1ccc(OC)cc1. The predicted octanol–water partition coefficient (Wildman–Crippen LogP) is 4.31. The molecule has 3 rings (SSSR count). The molecule has 3 aromatic rings. The van der Waals surface area contributed by atoms with Crippen molar-refractivity contribution in [3.05, 3.63) is 77.6 Å². The summed E-state index contributed by atoms with van der Waals surface area (Å²) in [5.74, 6) is 1.07. The minimum atomic E-state index is -0.402. The number of benzene rings is 2. The van der Waals surface area contributed by atoms with Crippen LogP contribution in [0.3, 0.4) is 0 Å². The predicted molar refractivity (Wildman–Crippen MR) is 134 cm³/mol. The molecule has 0 aliphatic carbocycles. The smallest absolute Gasteiger partial charge is 0.251 e. The van der Waals surface area contributed by atoms with Gasteiger partial charge in [0.1, 0.15) is 5.75 Å². The van der Waals surface area contributed by atoms with Crippen LogP contribution < -0.4 is 15.4 Å². The van der Waals surface area contributed by atoms with Gasteiger partial charge in [-0.05, 0) is 68.3 Å². The number of nitrogens with one attached hydrogen (secondary N) is 2. The summed E-state index contributed by atoms with van der Waals surface area (Å²) in [4.78, 5) is 25.1. The summed E-state index contributed by atoms with van der Waals surface area (Å²) >= 11 is 1.28. The first-order valence-electron chi connectivity index (χ1n) is 10.8. The molecule has 178 valence electrons. The second-order valence-corrected chi connectivity index (χ2v) is 8.74. The minimum absolute atomic E-state index is 0.135. The van der Waals surface area contributed by atoms with Crippen molar-refractivity contribution in [1.82, 2.24) is 20.1 Å². The van der Waals surface area contributed by atoms with E-state index in [9.17, 15) is 9.59 Å². The Bertz CT molecular complexity index is 1170. The van der Waals surface area contributed by atoms with Crippen molar-refractivity contribution in [3.63, 3.8) is 0 Å². The Morgan fingerprint density at radius 2 is 1.88 bits per heavy atom. The molecule has 1 aromatic heterocycles. The van der Waals surface area contributed by atoms with E-state index in [1.807, 2.05) is 43.5 Å². The van der Waals surface area contributed by atoms with E-state index in [1.54, 1.807) is 37.5 Å². The van der Waals surface area contributed by atoms with Gasteiger partial charge >= 0.3 is 0 Å². The number of aromatic nitrogens is 3. The Balaban J connectivity index is 1.65. The molecule has 0 saturated heterocycles. The van der Waals surface area contributed by atoms with Gasteiger partial charge < -0.3 is 19.9 Å². The van der Waals surface area contributed by atoms with Gasteiger partial charge in [-0.2, -0.15) is 0 Å². The van der Waals surface area contributed by atoms with E-state index >= 15 is 0 Å². The lowest BCUT2D eigenvalue weighted by Crippen LogP contribution is -2.28. The Hall–Kier alpha value is -3.59. The van der Waals surface area contributed by atoms with Gasteiger partial charge in [0.15, 0.2) is 11.0 Å². The molecule has 0 bridgehead atoms. The summed E-state index contributed by atoms with van der Waals surface area (Å²) in [5.41, 5.74) is 3.56. The van der Waals surface area contributed by atoms with Crippen molar-refractivity contribution < 1.29 is 14.3 Å². The van der Waals surface area contributed by atoms with Crippen LogP contribution in [0.25, 0.3) is 0 Å². The summed E-state index contributed by atoms with van der Waals surface area (Å²) < 4.78 is 6.98. The van der Waals surface area contributed by atoms with E-state index in [0.717, 1.165) is 11.3 Å². The van der Waals surface area contributed by atoms with Crippen molar-refractivity contribution in [1.29, 1.82) is 0 Å². The van der Waals surface area contributed by atoms with Gasteiger partial charge in [-0.15, -0.1) is 16.8 Å². The quantitative estimate of drug-likeness (QED) is 0.332. The number of hydrogen-bond acceptors (Lipinski definition) is 6. The molecular formula is C25H29N5O3S. The molecular weight excluding hydrogens is 450 g/mol. The van der Waals surface area contributed by atoms with Crippen molar-refractivity contribution in [2.24, 2.45) is 0 Å². The van der Waals surface area contributed by atoms with Crippen LogP contribution in [0.2, 0.25) is 0 Å². The van der Waals surface area contributed by atoms with Crippen LogP contribution in [0.15, 0.2) is 60.3 Å². The fraction of sp³-hybridized carbons (Fsp3) is 0.280. The van der Waals surface area contributed by atoms with E-state index in [-0.39, 0.29) is 17.6 Å². The van der Waals surface area contributed by atoms with Crippen molar-refractivity contribution in [2.45, 2.75) is 38.5 Å². The number of allylic oxidation sites excluding steroid dienone is 1. The lowest BCUT2D eigenvalue weighted by atomic mass is 10.1. The molecule has 0 spiro atoms. The number of methoxy groups -OCH3 is 1. The maximum atomic E-state index is 12.6. The zero-order valence-electron chi connectivity index (χ0n) is 19.8. The molecule has 0 aliphatic heterocycles. The number of amides is 2. The second kappa shape index (κ2) is 11.5. The van der Waals surface area contributed by atoms with Gasteiger partial charge in [-0.25, -0.2) is 0 Å². The van der Waals surface area contributed by atoms with Gasteiger partial charge in [0, 0.05) is 17.8 Å². The molecule has 8 nitrogen and oxygen atoms in total.